The summed E-state index contributed by atoms with van der Waals surface area (Å²) in [6, 6.07) is 7.54. The molecule has 25 heavy (non-hydrogen) atoms. The van der Waals surface area contributed by atoms with Crippen LogP contribution in [0.15, 0.2) is 36.7 Å². The number of aryl methyl sites for hydroxylation is 1. The Bertz CT molecular complexity index is 945. The SMILES string of the molecule is CCOC(=O)Nc1cc(-c2cccnc2)cc2c(C(C)=O)c(C)[nH]c12. The van der Waals surface area contributed by atoms with Gasteiger partial charge in [-0.2, -0.15) is 0 Å². The number of anilines is 1. The van der Waals surface area contributed by atoms with E-state index >= 15 is 0 Å². The lowest BCUT2D eigenvalue weighted by Gasteiger charge is -2.10. The molecule has 0 spiro atoms. The van der Waals surface area contributed by atoms with Gasteiger partial charge < -0.3 is 9.72 Å². The maximum Gasteiger partial charge on any atom is 0.411 e. The highest BCUT2D eigenvalue weighted by molar-refractivity contribution is 6.13. The fourth-order valence-electron chi connectivity index (χ4n) is 2.96. The second-order valence-electron chi connectivity index (χ2n) is 5.71. The molecule has 0 fully saturated rings. The van der Waals surface area contributed by atoms with Crippen LogP contribution >= 0.6 is 0 Å². The third-order valence-electron chi connectivity index (χ3n) is 3.95. The van der Waals surface area contributed by atoms with Crippen LogP contribution < -0.4 is 5.32 Å². The van der Waals surface area contributed by atoms with E-state index in [1.165, 1.54) is 6.92 Å². The summed E-state index contributed by atoms with van der Waals surface area (Å²) in [4.78, 5) is 31.3. The van der Waals surface area contributed by atoms with Gasteiger partial charge in [0, 0.05) is 34.6 Å². The van der Waals surface area contributed by atoms with Crippen LogP contribution in [0.4, 0.5) is 10.5 Å². The molecule has 0 aliphatic carbocycles. The molecule has 6 heteroatoms. The molecule has 2 heterocycles. The maximum atomic E-state index is 12.1. The van der Waals surface area contributed by atoms with Gasteiger partial charge in [-0.15, -0.1) is 0 Å². The molecule has 128 valence electrons. The van der Waals surface area contributed by atoms with Gasteiger partial charge in [0.05, 0.1) is 17.8 Å². The van der Waals surface area contributed by atoms with Crippen molar-refractivity contribution in [2.24, 2.45) is 0 Å². The highest BCUT2D eigenvalue weighted by atomic mass is 16.5. The predicted octanol–water partition coefficient (Wildman–Crippen LogP) is 4.31. The van der Waals surface area contributed by atoms with Crippen molar-refractivity contribution in [1.82, 2.24) is 9.97 Å². The van der Waals surface area contributed by atoms with Crippen molar-refractivity contribution in [2.45, 2.75) is 20.8 Å². The molecule has 2 aromatic heterocycles. The van der Waals surface area contributed by atoms with E-state index in [1.54, 1.807) is 19.3 Å². The minimum Gasteiger partial charge on any atom is -0.450 e. The van der Waals surface area contributed by atoms with Crippen molar-refractivity contribution in [3.05, 3.63) is 47.9 Å². The number of aromatic amines is 1. The molecule has 0 saturated heterocycles. The van der Waals surface area contributed by atoms with E-state index in [1.807, 2.05) is 31.2 Å². The van der Waals surface area contributed by atoms with Crippen LogP contribution in [0.25, 0.3) is 22.0 Å². The molecule has 0 atom stereocenters. The Morgan fingerprint density at radius 1 is 1.28 bits per heavy atom. The van der Waals surface area contributed by atoms with Crippen LogP contribution in [-0.2, 0) is 4.74 Å². The quantitative estimate of drug-likeness (QED) is 0.695. The number of ether oxygens (including phenoxy) is 1. The van der Waals surface area contributed by atoms with Gasteiger partial charge >= 0.3 is 6.09 Å². The van der Waals surface area contributed by atoms with Crippen LogP contribution in [0, 0.1) is 6.92 Å². The van der Waals surface area contributed by atoms with Crippen LogP contribution in [0.5, 0.6) is 0 Å². The smallest absolute Gasteiger partial charge is 0.411 e. The van der Waals surface area contributed by atoms with Crippen LogP contribution in [0.3, 0.4) is 0 Å². The zero-order valence-corrected chi connectivity index (χ0v) is 14.3. The Hall–Kier alpha value is -3.15. The largest absolute Gasteiger partial charge is 0.450 e. The molecule has 0 radical (unpaired) electrons. The maximum absolute atomic E-state index is 12.1. The molecular weight excluding hydrogens is 318 g/mol. The molecule has 2 N–H and O–H groups in total. The molecule has 1 aromatic carbocycles. The summed E-state index contributed by atoms with van der Waals surface area (Å²) in [5.41, 5.74) is 4.39. The fourth-order valence-corrected chi connectivity index (χ4v) is 2.96. The number of carbonyl (C=O) groups is 2. The number of benzene rings is 1. The Morgan fingerprint density at radius 3 is 2.72 bits per heavy atom. The number of ketones is 1. The average Bonchev–Trinajstić information content (AvgIpc) is 2.92. The first-order valence-corrected chi connectivity index (χ1v) is 8.02. The third kappa shape index (κ3) is 3.24. The average molecular weight is 337 g/mol. The Balaban J connectivity index is 2.23. The first kappa shape index (κ1) is 16.7. The van der Waals surface area contributed by atoms with Crippen LogP contribution in [0.2, 0.25) is 0 Å². The topological polar surface area (TPSA) is 84.1 Å². The van der Waals surface area contributed by atoms with Crippen molar-refractivity contribution in [3.63, 3.8) is 0 Å². The minimum absolute atomic E-state index is 0.0332. The first-order valence-electron chi connectivity index (χ1n) is 8.02. The van der Waals surface area contributed by atoms with Crippen molar-refractivity contribution in [2.75, 3.05) is 11.9 Å². The van der Waals surface area contributed by atoms with E-state index in [2.05, 4.69) is 15.3 Å². The second kappa shape index (κ2) is 6.76. The number of pyridine rings is 1. The lowest BCUT2D eigenvalue weighted by molar-refractivity contribution is 0.101. The lowest BCUT2D eigenvalue weighted by atomic mass is 10.0. The number of H-pyrrole nitrogens is 1. The minimum atomic E-state index is -0.538. The van der Waals surface area contributed by atoms with Gasteiger partial charge in [-0.3, -0.25) is 15.1 Å². The zero-order valence-electron chi connectivity index (χ0n) is 14.3. The van der Waals surface area contributed by atoms with E-state index in [0.717, 1.165) is 22.2 Å². The van der Waals surface area contributed by atoms with E-state index in [9.17, 15) is 9.59 Å². The molecule has 0 aliphatic heterocycles. The molecule has 3 rings (SSSR count). The molecule has 0 unspecified atom stereocenters. The molecular formula is C19H19N3O3. The Kier molecular flexibility index (Phi) is 4.52. The first-order chi connectivity index (χ1) is 12.0. The summed E-state index contributed by atoms with van der Waals surface area (Å²) < 4.78 is 4.98. The number of Topliss-reactive ketones (excluding diaryl/α,β-unsaturated/α-hetero) is 1. The second-order valence-corrected chi connectivity index (χ2v) is 5.71. The monoisotopic (exact) mass is 337 g/mol. The standard InChI is InChI=1S/C19H19N3O3/c1-4-25-19(24)22-16-9-14(13-6-5-7-20-10-13)8-15-17(12(3)23)11(2)21-18(15)16/h5-10,21H,4H2,1-3H3,(H,22,24). The van der Waals surface area contributed by atoms with Gasteiger partial charge in [0.15, 0.2) is 5.78 Å². The van der Waals surface area contributed by atoms with Gasteiger partial charge in [0.1, 0.15) is 0 Å². The van der Waals surface area contributed by atoms with E-state index in [-0.39, 0.29) is 12.4 Å². The van der Waals surface area contributed by atoms with Gasteiger partial charge in [-0.05, 0) is 44.5 Å². The number of carbonyl (C=O) groups excluding carboxylic acids is 2. The lowest BCUT2D eigenvalue weighted by Crippen LogP contribution is -2.13. The number of hydrogen-bond acceptors (Lipinski definition) is 4. The van der Waals surface area contributed by atoms with E-state index in [0.29, 0.717) is 16.8 Å². The van der Waals surface area contributed by atoms with Crippen LogP contribution in [0.1, 0.15) is 29.9 Å². The number of rotatable bonds is 4. The summed E-state index contributed by atoms with van der Waals surface area (Å²) >= 11 is 0. The number of amides is 1. The zero-order chi connectivity index (χ0) is 18.0. The molecule has 3 aromatic rings. The number of nitrogens with one attached hydrogen (secondary N) is 2. The number of hydrogen-bond donors (Lipinski definition) is 2. The van der Waals surface area contributed by atoms with Crippen molar-refractivity contribution < 1.29 is 14.3 Å². The summed E-state index contributed by atoms with van der Waals surface area (Å²) in [7, 11) is 0. The van der Waals surface area contributed by atoms with Gasteiger partial charge in [-0.1, -0.05) is 6.07 Å². The van der Waals surface area contributed by atoms with Gasteiger partial charge in [0.25, 0.3) is 0 Å². The predicted molar refractivity (Wildman–Crippen MR) is 96.9 cm³/mol. The van der Waals surface area contributed by atoms with Crippen molar-refractivity contribution in [3.8, 4) is 11.1 Å². The van der Waals surface area contributed by atoms with Crippen molar-refractivity contribution >= 4 is 28.5 Å². The normalized spacial score (nSPS) is 10.7. The van der Waals surface area contributed by atoms with Gasteiger partial charge in [0.2, 0.25) is 0 Å². The number of fused-ring (bicyclic) bond motifs is 1. The molecule has 0 bridgehead atoms. The van der Waals surface area contributed by atoms with Crippen LogP contribution in [-0.4, -0.2) is 28.5 Å². The summed E-state index contributed by atoms with van der Waals surface area (Å²) in [6.07, 6.45) is 2.90. The highest BCUT2D eigenvalue weighted by Gasteiger charge is 2.18. The number of nitrogens with zero attached hydrogens (tertiary/aromatic N) is 1. The summed E-state index contributed by atoms with van der Waals surface area (Å²) in [5, 5.41) is 3.51. The molecule has 0 aliphatic rings. The number of aromatic nitrogens is 2. The van der Waals surface area contributed by atoms with Crippen molar-refractivity contribution in [1.29, 1.82) is 0 Å². The highest BCUT2D eigenvalue weighted by Crippen LogP contribution is 2.34. The molecule has 0 saturated carbocycles. The molecule has 6 nitrogen and oxygen atoms in total. The van der Waals surface area contributed by atoms with E-state index < -0.39 is 6.09 Å². The summed E-state index contributed by atoms with van der Waals surface area (Å²) in [5.74, 6) is -0.0332. The third-order valence-corrected chi connectivity index (χ3v) is 3.95. The Morgan fingerprint density at radius 2 is 2.08 bits per heavy atom. The molecule has 1 amide bonds. The van der Waals surface area contributed by atoms with E-state index in [4.69, 9.17) is 4.74 Å². The Labute approximate surface area is 145 Å². The summed E-state index contributed by atoms with van der Waals surface area (Å²) in [6.45, 7) is 5.40. The van der Waals surface area contributed by atoms with Gasteiger partial charge in [-0.25, -0.2) is 4.79 Å². The fraction of sp³-hybridized carbons (Fsp3) is 0.211.